The van der Waals surface area contributed by atoms with Gasteiger partial charge in [-0.3, -0.25) is 0 Å². The number of hydrogen-bond donors (Lipinski definition) is 0. The van der Waals surface area contributed by atoms with Gasteiger partial charge in [0.05, 0.1) is 0 Å². The van der Waals surface area contributed by atoms with Crippen LogP contribution in [0.25, 0.3) is 54.8 Å². The average molecular weight is 426 g/mol. The standard InChI is InChI=1S/C25H13Cl2N3/c26-24-28-23(29-25(27)30-24)19-9-2-1-8-17(19)20-13-16-7-3-5-14-11-12-15-6-4-10-18(20)22(15)21(14)16/h1-13H. The second-order valence-corrected chi connectivity index (χ2v) is 7.89. The first-order chi connectivity index (χ1) is 14.7. The van der Waals surface area contributed by atoms with Gasteiger partial charge in [-0.15, -0.1) is 0 Å². The number of nitrogens with zero attached hydrogens (tertiary/aromatic N) is 3. The van der Waals surface area contributed by atoms with Crippen LogP contribution in [0.15, 0.2) is 78.9 Å². The Morgan fingerprint density at radius 2 is 1.13 bits per heavy atom. The molecule has 0 radical (unpaired) electrons. The minimum atomic E-state index is 0.0784. The third kappa shape index (κ3) is 2.63. The summed E-state index contributed by atoms with van der Waals surface area (Å²) >= 11 is 12.1. The van der Waals surface area contributed by atoms with E-state index in [-0.39, 0.29) is 10.6 Å². The lowest BCUT2D eigenvalue weighted by Crippen LogP contribution is -1.96. The van der Waals surface area contributed by atoms with Crippen molar-refractivity contribution >= 4 is 55.5 Å². The van der Waals surface area contributed by atoms with Crippen molar-refractivity contribution in [1.29, 1.82) is 0 Å². The normalized spacial score (nSPS) is 11.7. The van der Waals surface area contributed by atoms with Gasteiger partial charge >= 0.3 is 0 Å². The highest BCUT2D eigenvalue weighted by Crippen LogP contribution is 2.42. The van der Waals surface area contributed by atoms with Crippen LogP contribution >= 0.6 is 23.2 Å². The van der Waals surface area contributed by atoms with Gasteiger partial charge in [0.15, 0.2) is 5.82 Å². The molecule has 1 heterocycles. The zero-order valence-electron chi connectivity index (χ0n) is 15.6. The fourth-order valence-corrected chi connectivity index (χ4v) is 4.71. The van der Waals surface area contributed by atoms with Gasteiger partial charge in [-0.25, -0.2) is 0 Å². The SMILES string of the molecule is Clc1nc(Cl)nc(-c2ccccc2-c2cc3cccc4ccc5cccc2c5c43)n1. The molecular weight excluding hydrogens is 413 g/mol. The van der Waals surface area contributed by atoms with Gasteiger partial charge in [-0.2, -0.15) is 15.0 Å². The lowest BCUT2D eigenvalue weighted by molar-refractivity contribution is 1.06. The maximum Gasteiger partial charge on any atom is 0.227 e. The highest BCUT2D eigenvalue weighted by molar-refractivity contribution is 6.31. The molecule has 30 heavy (non-hydrogen) atoms. The molecule has 142 valence electrons. The van der Waals surface area contributed by atoms with E-state index < -0.39 is 0 Å². The van der Waals surface area contributed by atoms with E-state index in [1.807, 2.05) is 18.2 Å². The zero-order chi connectivity index (χ0) is 20.2. The summed E-state index contributed by atoms with van der Waals surface area (Å²) in [4.78, 5) is 12.5. The van der Waals surface area contributed by atoms with Gasteiger partial charge in [0.1, 0.15) is 0 Å². The Kier molecular flexibility index (Phi) is 3.88. The Balaban J connectivity index is 1.75. The summed E-state index contributed by atoms with van der Waals surface area (Å²) in [5.41, 5.74) is 3.00. The molecule has 1 aromatic heterocycles. The third-order valence-corrected chi connectivity index (χ3v) is 5.89. The van der Waals surface area contributed by atoms with Crippen molar-refractivity contribution in [3.05, 3.63) is 89.4 Å². The van der Waals surface area contributed by atoms with Crippen molar-refractivity contribution in [3.8, 4) is 22.5 Å². The van der Waals surface area contributed by atoms with E-state index in [1.165, 1.54) is 32.3 Å². The fourth-order valence-electron chi connectivity index (χ4n) is 4.34. The highest BCUT2D eigenvalue weighted by Gasteiger charge is 2.17. The molecule has 6 aromatic rings. The maximum absolute atomic E-state index is 6.06. The second kappa shape index (κ2) is 6.63. The van der Waals surface area contributed by atoms with Crippen LogP contribution in [0.5, 0.6) is 0 Å². The molecule has 0 spiro atoms. The van der Waals surface area contributed by atoms with Gasteiger partial charge in [0.25, 0.3) is 0 Å². The highest BCUT2D eigenvalue weighted by atomic mass is 35.5. The molecule has 3 nitrogen and oxygen atoms in total. The summed E-state index contributed by atoms with van der Waals surface area (Å²) in [6.45, 7) is 0. The molecular formula is C25H13Cl2N3. The smallest absolute Gasteiger partial charge is 0.198 e. The van der Waals surface area contributed by atoms with Crippen LogP contribution in [0.1, 0.15) is 0 Å². The Hall–Kier alpha value is -3.27. The summed E-state index contributed by atoms with van der Waals surface area (Å²) in [7, 11) is 0. The van der Waals surface area contributed by atoms with E-state index >= 15 is 0 Å². The summed E-state index contributed by atoms with van der Waals surface area (Å²) in [5.74, 6) is 0.459. The van der Waals surface area contributed by atoms with Crippen LogP contribution in [0.3, 0.4) is 0 Å². The van der Waals surface area contributed by atoms with Crippen molar-refractivity contribution in [2.45, 2.75) is 0 Å². The average Bonchev–Trinajstić information content (AvgIpc) is 2.77. The first kappa shape index (κ1) is 17.6. The number of hydrogen-bond acceptors (Lipinski definition) is 3. The van der Waals surface area contributed by atoms with Gasteiger partial charge in [-0.05, 0) is 72.7 Å². The van der Waals surface area contributed by atoms with E-state index in [1.54, 1.807) is 0 Å². The first-order valence-corrected chi connectivity index (χ1v) is 10.3. The molecule has 0 atom stereocenters. The predicted octanol–water partition coefficient (Wildman–Crippen LogP) is 7.41. The third-order valence-electron chi connectivity index (χ3n) is 5.55. The number of aromatic nitrogens is 3. The van der Waals surface area contributed by atoms with E-state index in [0.717, 1.165) is 16.7 Å². The molecule has 0 aliphatic carbocycles. The number of halogens is 2. The molecule has 0 amide bonds. The monoisotopic (exact) mass is 425 g/mol. The van der Waals surface area contributed by atoms with Crippen molar-refractivity contribution in [3.63, 3.8) is 0 Å². The summed E-state index contributed by atoms with van der Waals surface area (Å²) in [5, 5.41) is 7.57. The molecule has 0 fully saturated rings. The Morgan fingerprint density at radius 1 is 0.500 bits per heavy atom. The maximum atomic E-state index is 6.06. The molecule has 0 bridgehead atoms. The molecule has 0 saturated carbocycles. The predicted molar refractivity (Wildman–Crippen MR) is 124 cm³/mol. The van der Waals surface area contributed by atoms with Gasteiger partial charge < -0.3 is 0 Å². The van der Waals surface area contributed by atoms with Gasteiger partial charge in [0.2, 0.25) is 10.6 Å². The molecule has 5 heteroatoms. The van der Waals surface area contributed by atoms with Crippen LogP contribution in [0.2, 0.25) is 10.6 Å². The van der Waals surface area contributed by atoms with Crippen LogP contribution in [-0.4, -0.2) is 15.0 Å². The molecule has 0 aliphatic heterocycles. The van der Waals surface area contributed by atoms with E-state index in [9.17, 15) is 0 Å². The van der Waals surface area contributed by atoms with Gasteiger partial charge in [-0.1, -0.05) is 72.8 Å². The second-order valence-electron chi connectivity index (χ2n) is 7.22. The first-order valence-electron chi connectivity index (χ1n) is 9.52. The Bertz CT molecular complexity index is 1560. The van der Waals surface area contributed by atoms with Crippen molar-refractivity contribution < 1.29 is 0 Å². The quantitative estimate of drug-likeness (QED) is 0.271. The van der Waals surface area contributed by atoms with Crippen molar-refractivity contribution in [1.82, 2.24) is 15.0 Å². The largest absolute Gasteiger partial charge is 0.227 e. The van der Waals surface area contributed by atoms with E-state index in [4.69, 9.17) is 23.2 Å². The van der Waals surface area contributed by atoms with Gasteiger partial charge in [0, 0.05) is 5.56 Å². The summed E-state index contributed by atoms with van der Waals surface area (Å²) < 4.78 is 0. The molecule has 0 saturated heterocycles. The zero-order valence-corrected chi connectivity index (χ0v) is 17.1. The summed E-state index contributed by atoms with van der Waals surface area (Å²) in [6, 6.07) is 27.5. The van der Waals surface area contributed by atoms with Crippen LogP contribution < -0.4 is 0 Å². The number of benzene rings is 5. The minimum Gasteiger partial charge on any atom is -0.198 e. The lowest BCUT2D eigenvalue weighted by atomic mass is 9.87. The summed E-state index contributed by atoms with van der Waals surface area (Å²) in [6.07, 6.45) is 0. The molecule has 0 N–H and O–H groups in total. The van der Waals surface area contributed by atoms with Crippen molar-refractivity contribution in [2.75, 3.05) is 0 Å². The topological polar surface area (TPSA) is 38.7 Å². The Labute approximate surface area is 182 Å². The van der Waals surface area contributed by atoms with E-state index in [0.29, 0.717) is 5.82 Å². The van der Waals surface area contributed by atoms with Crippen LogP contribution in [-0.2, 0) is 0 Å². The molecule has 6 rings (SSSR count). The molecule has 5 aromatic carbocycles. The fraction of sp³-hybridized carbons (Fsp3) is 0. The lowest BCUT2D eigenvalue weighted by Gasteiger charge is -2.16. The minimum absolute atomic E-state index is 0.0784. The Morgan fingerprint density at radius 3 is 1.90 bits per heavy atom. The number of rotatable bonds is 2. The van der Waals surface area contributed by atoms with E-state index in [2.05, 4.69) is 75.6 Å². The van der Waals surface area contributed by atoms with Crippen LogP contribution in [0, 0.1) is 0 Å². The van der Waals surface area contributed by atoms with Crippen molar-refractivity contribution in [2.24, 2.45) is 0 Å². The van der Waals surface area contributed by atoms with Crippen LogP contribution in [0.4, 0.5) is 0 Å². The molecule has 0 unspecified atom stereocenters. The molecule has 0 aliphatic rings.